The summed E-state index contributed by atoms with van der Waals surface area (Å²) in [6, 6.07) is 5.44. The minimum atomic E-state index is 0.00605. The molecule has 1 aliphatic rings. The van der Waals surface area contributed by atoms with Crippen molar-refractivity contribution in [1.29, 1.82) is 0 Å². The van der Waals surface area contributed by atoms with Gasteiger partial charge in [-0.3, -0.25) is 4.79 Å². The lowest BCUT2D eigenvalue weighted by molar-refractivity contribution is -0.126. The topological polar surface area (TPSA) is 40.5 Å². The van der Waals surface area contributed by atoms with Crippen LogP contribution in [0.2, 0.25) is 10.0 Å². The fourth-order valence-electron chi connectivity index (χ4n) is 2.69. The Morgan fingerprint density at radius 2 is 2.05 bits per heavy atom. The number of likely N-dealkylation sites (tertiary alicyclic amines) is 1. The standard InChI is InChI=1S/C16H19Cl2NO2/c17-13-9-12(10-14(18)11-13)5-6-16(21)19-7-1-3-15(19)4-2-8-20/h5-6,9-11,15,20H,1-4,7-8H2. The highest BCUT2D eigenvalue weighted by Crippen LogP contribution is 2.23. The molecule has 1 N–H and O–H groups in total. The van der Waals surface area contributed by atoms with E-state index in [-0.39, 0.29) is 18.6 Å². The summed E-state index contributed by atoms with van der Waals surface area (Å²) < 4.78 is 0. The molecule has 1 unspecified atom stereocenters. The summed E-state index contributed by atoms with van der Waals surface area (Å²) >= 11 is 11.9. The highest BCUT2D eigenvalue weighted by molar-refractivity contribution is 6.34. The molecular weight excluding hydrogens is 309 g/mol. The molecule has 0 radical (unpaired) electrons. The summed E-state index contributed by atoms with van der Waals surface area (Å²) in [7, 11) is 0. The van der Waals surface area contributed by atoms with Crippen LogP contribution < -0.4 is 0 Å². The maximum absolute atomic E-state index is 12.3. The number of benzene rings is 1. The lowest BCUT2D eigenvalue weighted by Gasteiger charge is -2.23. The van der Waals surface area contributed by atoms with Crippen molar-refractivity contribution in [3.63, 3.8) is 0 Å². The Labute approximate surface area is 135 Å². The highest BCUT2D eigenvalue weighted by Gasteiger charge is 2.26. The first-order valence-corrected chi connectivity index (χ1v) is 7.91. The molecule has 0 bridgehead atoms. The van der Waals surface area contributed by atoms with Crippen LogP contribution in [0.4, 0.5) is 0 Å². The first kappa shape index (κ1) is 16.3. The fraction of sp³-hybridized carbons (Fsp3) is 0.438. The third-order valence-electron chi connectivity index (χ3n) is 3.66. The van der Waals surface area contributed by atoms with Crippen molar-refractivity contribution in [3.8, 4) is 0 Å². The molecule has 114 valence electrons. The maximum Gasteiger partial charge on any atom is 0.246 e. The number of hydrogen-bond donors (Lipinski definition) is 1. The van der Waals surface area contributed by atoms with Crippen molar-refractivity contribution in [1.82, 2.24) is 4.90 Å². The predicted octanol–water partition coefficient (Wildman–Crippen LogP) is 3.77. The van der Waals surface area contributed by atoms with Gasteiger partial charge in [-0.05, 0) is 55.5 Å². The van der Waals surface area contributed by atoms with Crippen molar-refractivity contribution in [2.45, 2.75) is 31.7 Å². The second-order valence-electron chi connectivity index (χ2n) is 5.23. The maximum atomic E-state index is 12.3. The second-order valence-corrected chi connectivity index (χ2v) is 6.10. The van der Waals surface area contributed by atoms with E-state index in [1.165, 1.54) is 0 Å². The van der Waals surface area contributed by atoms with E-state index in [9.17, 15) is 4.79 Å². The molecule has 0 saturated carbocycles. The van der Waals surface area contributed by atoms with Crippen molar-refractivity contribution in [2.24, 2.45) is 0 Å². The summed E-state index contributed by atoms with van der Waals surface area (Å²) in [6.07, 6.45) is 6.95. The van der Waals surface area contributed by atoms with Gasteiger partial charge in [-0.25, -0.2) is 0 Å². The molecule has 2 rings (SSSR count). The van der Waals surface area contributed by atoms with Crippen LogP contribution in [0.25, 0.3) is 6.08 Å². The fourth-order valence-corrected chi connectivity index (χ4v) is 3.23. The number of halogens is 2. The smallest absolute Gasteiger partial charge is 0.246 e. The van der Waals surface area contributed by atoms with Gasteiger partial charge in [0.2, 0.25) is 5.91 Å². The summed E-state index contributed by atoms with van der Waals surface area (Å²) in [5, 5.41) is 10.0. The van der Waals surface area contributed by atoms with Crippen LogP contribution in [0, 0.1) is 0 Å². The molecular formula is C16H19Cl2NO2. The summed E-state index contributed by atoms with van der Waals surface area (Å²) in [5.74, 6) is 0.00605. The van der Waals surface area contributed by atoms with Crippen LogP contribution in [0.3, 0.4) is 0 Å². The molecule has 1 heterocycles. The van der Waals surface area contributed by atoms with Gasteiger partial charge in [0.15, 0.2) is 0 Å². The van der Waals surface area contributed by atoms with E-state index in [2.05, 4.69) is 0 Å². The zero-order chi connectivity index (χ0) is 15.2. The third kappa shape index (κ3) is 4.73. The van der Waals surface area contributed by atoms with Crippen molar-refractivity contribution in [3.05, 3.63) is 39.9 Å². The average molecular weight is 328 g/mol. The number of aliphatic hydroxyl groups is 1. The number of carbonyl (C=O) groups excluding carboxylic acids is 1. The number of carbonyl (C=O) groups is 1. The molecule has 5 heteroatoms. The SMILES string of the molecule is O=C(C=Cc1cc(Cl)cc(Cl)c1)N1CCCC1CCCO. The minimum absolute atomic E-state index is 0.00605. The second kappa shape index (κ2) is 7.83. The molecule has 1 atom stereocenters. The van der Waals surface area contributed by atoms with Gasteiger partial charge in [-0.15, -0.1) is 0 Å². The molecule has 0 aliphatic carbocycles. The summed E-state index contributed by atoms with van der Waals surface area (Å²) in [4.78, 5) is 14.2. The lowest BCUT2D eigenvalue weighted by Crippen LogP contribution is -2.34. The van der Waals surface area contributed by atoms with Crippen LogP contribution in [-0.2, 0) is 4.79 Å². The quantitative estimate of drug-likeness (QED) is 0.836. The van der Waals surface area contributed by atoms with Crippen LogP contribution in [0.5, 0.6) is 0 Å². The number of aliphatic hydroxyl groups excluding tert-OH is 1. The first-order chi connectivity index (χ1) is 10.1. The Morgan fingerprint density at radius 1 is 1.33 bits per heavy atom. The van der Waals surface area contributed by atoms with Crippen LogP contribution in [-0.4, -0.2) is 35.1 Å². The summed E-state index contributed by atoms with van der Waals surface area (Å²) in [6.45, 7) is 0.963. The Hall–Kier alpha value is -1.03. The molecule has 1 amide bonds. The zero-order valence-electron chi connectivity index (χ0n) is 11.8. The summed E-state index contributed by atoms with van der Waals surface area (Å²) in [5.41, 5.74) is 0.812. The van der Waals surface area contributed by atoms with Crippen molar-refractivity contribution in [2.75, 3.05) is 13.2 Å². The number of nitrogens with zero attached hydrogens (tertiary/aromatic N) is 1. The van der Waals surface area contributed by atoms with Gasteiger partial charge in [-0.2, -0.15) is 0 Å². The molecule has 1 aliphatic heterocycles. The molecule has 0 aromatic heterocycles. The normalized spacial score (nSPS) is 18.6. The van der Waals surface area contributed by atoms with Crippen LogP contribution >= 0.6 is 23.2 Å². The van der Waals surface area contributed by atoms with E-state index in [0.29, 0.717) is 10.0 Å². The molecule has 3 nitrogen and oxygen atoms in total. The highest BCUT2D eigenvalue weighted by atomic mass is 35.5. The number of amides is 1. The van der Waals surface area contributed by atoms with E-state index in [1.807, 2.05) is 4.90 Å². The minimum Gasteiger partial charge on any atom is -0.396 e. The van der Waals surface area contributed by atoms with Crippen LogP contribution in [0.1, 0.15) is 31.2 Å². The van der Waals surface area contributed by atoms with E-state index < -0.39 is 0 Å². The largest absolute Gasteiger partial charge is 0.396 e. The molecule has 1 aromatic rings. The van der Waals surface area contributed by atoms with Gasteiger partial charge in [0.05, 0.1) is 0 Å². The van der Waals surface area contributed by atoms with Gasteiger partial charge >= 0.3 is 0 Å². The predicted molar refractivity (Wildman–Crippen MR) is 86.6 cm³/mol. The Kier molecular flexibility index (Phi) is 6.09. The zero-order valence-corrected chi connectivity index (χ0v) is 13.3. The number of rotatable bonds is 5. The van der Waals surface area contributed by atoms with E-state index in [0.717, 1.165) is 37.8 Å². The van der Waals surface area contributed by atoms with Gasteiger partial charge in [0.1, 0.15) is 0 Å². The van der Waals surface area contributed by atoms with Gasteiger partial charge in [-0.1, -0.05) is 23.2 Å². The van der Waals surface area contributed by atoms with E-state index in [1.54, 1.807) is 30.4 Å². The molecule has 1 aromatic carbocycles. The van der Waals surface area contributed by atoms with Crippen molar-refractivity contribution >= 4 is 35.2 Å². The molecule has 21 heavy (non-hydrogen) atoms. The lowest BCUT2D eigenvalue weighted by atomic mass is 10.1. The van der Waals surface area contributed by atoms with Gasteiger partial charge < -0.3 is 10.0 Å². The third-order valence-corrected chi connectivity index (χ3v) is 4.10. The first-order valence-electron chi connectivity index (χ1n) is 7.16. The van der Waals surface area contributed by atoms with Gasteiger partial charge in [0.25, 0.3) is 0 Å². The molecule has 1 fully saturated rings. The number of hydrogen-bond acceptors (Lipinski definition) is 2. The monoisotopic (exact) mass is 327 g/mol. The van der Waals surface area contributed by atoms with E-state index in [4.69, 9.17) is 28.3 Å². The molecule has 0 spiro atoms. The Balaban J connectivity index is 2.01. The van der Waals surface area contributed by atoms with Gasteiger partial charge in [0, 0.05) is 35.3 Å². The molecule has 1 saturated heterocycles. The Bertz CT molecular complexity index is 511. The average Bonchev–Trinajstić information content (AvgIpc) is 2.90. The Morgan fingerprint density at radius 3 is 2.71 bits per heavy atom. The van der Waals surface area contributed by atoms with E-state index >= 15 is 0 Å². The van der Waals surface area contributed by atoms with Crippen molar-refractivity contribution < 1.29 is 9.90 Å². The van der Waals surface area contributed by atoms with Crippen LogP contribution in [0.15, 0.2) is 24.3 Å².